The summed E-state index contributed by atoms with van der Waals surface area (Å²) in [6.45, 7) is 2.95. The second-order valence-electron chi connectivity index (χ2n) is 6.41. The highest BCUT2D eigenvalue weighted by Crippen LogP contribution is 2.21. The molecule has 0 saturated heterocycles. The fourth-order valence-corrected chi connectivity index (χ4v) is 3.36. The highest BCUT2D eigenvalue weighted by atomic mass is 16.5. The van der Waals surface area contributed by atoms with E-state index < -0.39 is 0 Å². The molecule has 0 aliphatic carbocycles. The third-order valence-electron chi connectivity index (χ3n) is 4.73. The Hall–Kier alpha value is -2.44. The Bertz CT molecular complexity index is 866. The van der Waals surface area contributed by atoms with Crippen molar-refractivity contribution in [2.75, 3.05) is 6.61 Å². The first kappa shape index (κ1) is 16.1. The maximum absolute atomic E-state index is 5.59. The summed E-state index contributed by atoms with van der Waals surface area (Å²) >= 11 is 0. The van der Waals surface area contributed by atoms with Crippen LogP contribution in [0.3, 0.4) is 0 Å². The van der Waals surface area contributed by atoms with Crippen molar-refractivity contribution in [2.24, 2.45) is 14.1 Å². The quantitative estimate of drug-likeness (QED) is 0.775. The third kappa shape index (κ3) is 3.23. The minimum absolute atomic E-state index is 0.671. The zero-order valence-electron chi connectivity index (χ0n) is 14.7. The van der Waals surface area contributed by atoms with Crippen LogP contribution >= 0.6 is 0 Å². The molecule has 0 radical (unpaired) electrons. The number of nitrogens with zero attached hydrogens (tertiary/aromatic N) is 4. The molecule has 1 aliphatic rings. The van der Waals surface area contributed by atoms with Crippen molar-refractivity contribution in [3.8, 4) is 11.3 Å². The normalized spacial score (nSPS) is 13.8. The van der Waals surface area contributed by atoms with E-state index in [0.29, 0.717) is 6.61 Å². The number of aryl methyl sites for hydroxylation is 2. The van der Waals surface area contributed by atoms with Gasteiger partial charge in [-0.1, -0.05) is 30.3 Å². The number of aromatic nitrogens is 4. The molecule has 0 fully saturated rings. The maximum Gasteiger partial charge on any atom is 0.0926 e. The van der Waals surface area contributed by atoms with Gasteiger partial charge in [-0.25, -0.2) is 0 Å². The van der Waals surface area contributed by atoms with Crippen LogP contribution in [0.15, 0.2) is 36.4 Å². The Labute approximate surface area is 147 Å². The van der Waals surface area contributed by atoms with Crippen molar-refractivity contribution >= 4 is 0 Å². The Balaban J connectivity index is 1.44. The van der Waals surface area contributed by atoms with E-state index in [1.54, 1.807) is 0 Å². The van der Waals surface area contributed by atoms with Crippen LogP contribution in [-0.4, -0.2) is 26.2 Å². The Morgan fingerprint density at radius 1 is 1.08 bits per heavy atom. The first-order chi connectivity index (χ1) is 12.2. The van der Waals surface area contributed by atoms with Crippen LogP contribution < -0.4 is 5.32 Å². The van der Waals surface area contributed by atoms with E-state index in [1.165, 1.54) is 11.3 Å². The molecular formula is C19H23N5O. The first-order valence-corrected chi connectivity index (χ1v) is 8.63. The number of hydrogen-bond acceptors (Lipinski definition) is 4. The number of benzene rings is 1. The maximum atomic E-state index is 5.59. The molecule has 4 rings (SSSR count). The molecular weight excluding hydrogens is 314 g/mol. The lowest BCUT2D eigenvalue weighted by Gasteiger charge is -2.13. The van der Waals surface area contributed by atoms with E-state index in [4.69, 9.17) is 4.74 Å². The van der Waals surface area contributed by atoms with Gasteiger partial charge in [-0.15, -0.1) is 0 Å². The Morgan fingerprint density at radius 2 is 1.92 bits per heavy atom. The summed E-state index contributed by atoms with van der Waals surface area (Å²) in [4.78, 5) is 0. The van der Waals surface area contributed by atoms with Gasteiger partial charge in [0.1, 0.15) is 0 Å². The lowest BCUT2D eigenvalue weighted by atomic mass is 10.1. The molecule has 3 aromatic rings. The van der Waals surface area contributed by atoms with E-state index in [-0.39, 0.29) is 0 Å². The van der Waals surface area contributed by atoms with Gasteiger partial charge < -0.3 is 10.1 Å². The van der Waals surface area contributed by atoms with Gasteiger partial charge in [-0.3, -0.25) is 9.36 Å². The van der Waals surface area contributed by atoms with Crippen LogP contribution in [-0.2, 0) is 44.9 Å². The number of ether oxygens (including phenoxy) is 1. The topological polar surface area (TPSA) is 56.9 Å². The van der Waals surface area contributed by atoms with Crippen LogP contribution in [0.5, 0.6) is 0 Å². The third-order valence-corrected chi connectivity index (χ3v) is 4.73. The van der Waals surface area contributed by atoms with Gasteiger partial charge >= 0.3 is 0 Å². The number of hydrogen-bond donors (Lipinski definition) is 1. The molecule has 1 aromatic carbocycles. The van der Waals surface area contributed by atoms with Crippen molar-refractivity contribution in [1.82, 2.24) is 24.9 Å². The fraction of sp³-hybridized carbons (Fsp3) is 0.368. The smallest absolute Gasteiger partial charge is 0.0926 e. The monoisotopic (exact) mass is 337 g/mol. The first-order valence-electron chi connectivity index (χ1n) is 8.63. The van der Waals surface area contributed by atoms with E-state index in [9.17, 15) is 0 Å². The summed E-state index contributed by atoms with van der Waals surface area (Å²) in [7, 11) is 4.00. The molecule has 3 heterocycles. The average Bonchev–Trinajstić information content (AvgIpc) is 3.17. The predicted molar refractivity (Wildman–Crippen MR) is 95.8 cm³/mol. The largest absolute Gasteiger partial charge is 0.376 e. The molecule has 6 heteroatoms. The summed E-state index contributed by atoms with van der Waals surface area (Å²) < 4.78 is 9.52. The zero-order valence-corrected chi connectivity index (χ0v) is 14.7. The zero-order chi connectivity index (χ0) is 17.2. The molecule has 1 N–H and O–H groups in total. The SMILES string of the molecule is Cn1nc(-c2ccccc2)cc1CNCc1nn(C)c2c1COCC2. The molecule has 6 nitrogen and oxygen atoms in total. The summed E-state index contributed by atoms with van der Waals surface area (Å²) in [5, 5.41) is 12.8. The van der Waals surface area contributed by atoms with Gasteiger partial charge in [0, 0.05) is 50.4 Å². The molecule has 2 aromatic heterocycles. The van der Waals surface area contributed by atoms with Crippen molar-refractivity contribution in [2.45, 2.75) is 26.1 Å². The molecule has 0 bridgehead atoms. The van der Waals surface area contributed by atoms with Crippen molar-refractivity contribution < 1.29 is 4.74 Å². The van der Waals surface area contributed by atoms with E-state index in [0.717, 1.165) is 48.8 Å². The van der Waals surface area contributed by atoms with Gasteiger partial charge in [0.05, 0.1) is 30.3 Å². The van der Waals surface area contributed by atoms with Gasteiger partial charge in [-0.2, -0.15) is 10.2 Å². The number of nitrogens with one attached hydrogen (secondary N) is 1. The predicted octanol–water partition coefficient (Wildman–Crippen LogP) is 2.18. The average molecular weight is 337 g/mol. The van der Waals surface area contributed by atoms with Crippen LogP contribution in [0.4, 0.5) is 0 Å². The lowest BCUT2D eigenvalue weighted by molar-refractivity contribution is 0.108. The van der Waals surface area contributed by atoms with Crippen LogP contribution in [0.25, 0.3) is 11.3 Å². The van der Waals surface area contributed by atoms with E-state index in [2.05, 4.69) is 33.7 Å². The summed E-state index contributed by atoms with van der Waals surface area (Å²) in [6.07, 6.45) is 0.945. The molecule has 0 amide bonds. The Kier molecular flexibility index (Phi) is 4.38. The van der Waals surface area contributed by atoms with Gasteiger partial charge in [-0.05, 0) is 6.07 Å². The van der Waals surface area contributed by atoms with E-state index in [1.807, 2.05) is 41.7 Å². The van der Waals surface area contributed by atoms with Crippen LogP contribution in [0, 0.1) is 0 Å². The number of fused-ring (bicyclic) bond motifs is 1. The minimum atomic E-state index is 0.671. The van der Waals surface area contributed by atoms with Gasteiger partial charge in [0.2, 0.25) is 0 Å². The molecule has 0 saturated carbocycles. The standard InChI is InChI=1S/C19H23N5O/c1-23-15(10-17(21-23)14-6-4-3-5-7-14)11-20-12-18-16-13-25-9-8-19(16)24(2)22-18/h3-7,10,20H,8-9,11-13H2,1-2H3. The second kappa shape index (κ2) is 6.82. The molecule has 1 aliphatic heterocycles. The van der Waals surface area contributed by atoms with Crippen molar-refractivity contribution in [1.29, 1.82) is 0 Å². The minimum Gasteiger partial charge on any atom is -0.376 e. The number of rotatable bonds is 5. The van der Waals surface area contributed by atoms with E-state index >= 15 is 0 Å². The van der Waals surface area contributed by atoms with Crippen LogP contribution in [0.2, 0.25) is 0 Å². The molecule has 130 valence electrons. The summed E-state index contributed by atoms with van der Waals surface area (Å²) in [5.41, 5.74) is 6.93. The second-order valence-corrected chi connectivity index (χ2v) is 6.41. The lowest BCUT2D eigenvalue weighted by Crippen LogP contribution is -2.17. The highest BCUT2D eigenvalue weighted by Gasteiger charge is 2.19. The molecule has 0 spiro atoms. The van der Waals surface area contributed by atoms with Crippen LogP contribution in [0.1, 0.15) is 22.6 Å². The van der Waals surface area contributed by atoms with Gasteiger partial charge in [0.15, 0.2) is 0 Å². The summed E-state index contributed by atoms with van der Waals surface area (Å²) in [5.74, 6) is 0. The summed E-state index contributed by atoms with van der Waals surface area (Å²) in [6, 6.07) is 12.4. The molecule has 0 unspecified atom stereocenters. The van der Waals surface area contributed by atoms with Crippen molar-refractivity contribution in [3.05, 3.63) is 59.0 Å². The highest BCUT2D eigenvalue weighted by molar-refractivity contribution is 5.59. The Morgan fingerprint density at radius 3 is 2.76 bits per heavy atom. The molecule has 0 atom stereocenters. The van der Waals surface area contributed by atoms with Gasteiger partial charge in [0.25, 0.3) is 0 Å². The van der Waals surface area contributed by atoms with Crippen molar-refractivity contribution in [3.63, 3.8) is 0 Å². The molecule has 25 heavy (non-hydrogen) atoms. The fourth-order valence-electron chi connectivity index (χ4n) is 3.36.